The van der Waals surface area contributed by atoms with Crippen molar-refractivity contribution in [2.45, 2.75) is 84.2 Å². The lowest BCUT2D eigenvalue weighted by molar-refractivity contribution is -0.144. The summed E-state index contributed by atoms with van der Waals surface area (Å²) in [4.78, 5) is 59.4. The summed E-state index contributed by atoms with van der Waals surface area (Å²) >= 11 is 0. The second-order valence-electron chi connectivity index (χ2n) is 10.2. The molecule has 4 amide bonds. The Labute approximate surface area is 289 Å². The first-order valence-electron chi connectivity index (χ1n) is 16.0. The highest BCUT2D eigenvalue weighted by molar-refractivity contribution is 8.76. The molecular formula is C35H54N4O6S2. The fraction of sp³-hybridized carbons (Fsp3) is 0.514. The summed E-state index contributed by atoms with van der Waals surface area (Å²) in [6, 6.07) is -1.61. The summed E-state index contributed by atoms with van der Waals surface area (Å²) in [6.07, 6.45) is 32.4. The van der Waals surface area contributed by atoms with Crippen LogP contribution in [0.5, 0.6) is 0 Å². The summed E-state index contributed by atoms with van der Waals surface area (Å²) in [5.41, 5.74) is 0. The molecule has 4 N–H and O–H groups in total. The smallest absolute Gasteiger partial charge is 0.329 e. The molecule has 2 atom stereocenters. The van der Waals surface area contributed by atoms with Crippen molar-refractivity contribution in [3.05, 3.63) is 72.9 Å². The molecule has 0 spiro atoms. The maximum atomic E-state index is 12.6. The van der Waals surface area contributed by atoms with Crippen LogP contribution in [-0.4, -0.2) is 73.4 Å². The molecule has 0 radical (unpaired) electrons. The third-order valence-corrected chi connectivity index (χ3v) is 8.41. The number of hydrogen-bond acceptors (Lipinski definition) is 8. The molecule has 0 aromatic carbocycles. The second kappa shape index (κ2) is 31.1. The molecule has 2 unspecified atom stereocenters. The zero-order chi connectivity index (χ0) is 35.0. The lowest BCUT2D eigenvalue weighted by Crippen LogP contribution is -2.49. The van der Waals surface area contributed by atoms with Crippen LogP contribution in [-0.2, 0) is 28.7 Å². The Hall–Kier alpha value is -3.51. The van der Waals surface area contributed by atoms with Crippen molar-refractivity contribution in [1.82, 2.24) is 21.3 Å². The average molecular weight is 691 g/mol. The minimum Gasteiger partial charge on any atom is -0.467 e. The van der Waals surface area contributed by atoms with Crippen LogP contribution in [0.1, 0.15) is 72.1 Å². The monoisotopic (exact) mass is 690 g/mol. The van der Waals surface area contributed by atoms with Crippen molar-refractivity contribution >= 4 is 51.2 Å². The number of carbonyl (C=O) groups excluding carboxylic acids is 5. The van der Waals surface area contributed by atoms with Gasteiger partial charge in [-0.15, -0.1) is 0 Å². The highest BCUT2D eigenvalue weighted by atomic mass is 33.1. The Kier molecular flexibility index (Phi) is 28.8. The van der Waals surface area contributed by atoms with E-state index in [-0.39, 0.29) is 48.2 Å². The van der Waals surface area contributed by atoms with Gasteiger partial charge in [-0.05, 0) is 44.9 Å². The molecular weight excluding hydrogens is 637 g/mol. The molecule has 12 heteroatoms. The molecule has 0 aromatic rings. The lowest BCUT2D eigenvalue weighted by atomic mass is 10.2. The first-order valence-corrected chi connectivity index (χ1v) is 18.5. The molecule has 0 saturated heterocycles. The second-order valence-corrected chi connectivity index (χ2v) is 12.7. The highest BCUT2D eigenvalue weighted by Gasteiger charge is 2.22. The largest absolute Gasteiger partial charge is 0.467 e. The van der Waals surface area contributed by atoms with Gasteiger partial charge >= 0.3 is 5.97 Å². The Morgan fingerprint density at radius 2 is 1.04 bits per heavy atom. The summed E-state index contributed by atoms with van der Waals surface area (Å²) in [6.45, 7) is 5.24. The topological polar surface area (TPSA) is 143 Å². The van der Waals surface area contributed by atoms with E-state index >= 15 is 0 Å². The molecule has 0 aliphatic heterocycles. The van der Waals surface area contributed by atoms with Gasteiger partial charge in [0.25, 0.3) is 0 Å². The standard InChI is InChI=1S/C35H54N4O6S2/c1-5-6-7-8-9-10-11-12-13-14-15-16-17-18-19-20-21-22-23-24-33(42)36-25-26-37-34(43)31(38-29(2)40)27-46-47-28-32(35(44)45-4)39-30(3)41/h6-7,9-10,12-13,15-16,18-19,21-22,31-32H,5,8,11,14,17,20,23-28H2,1-4H3,(H,36,42)(H,37,43)(H,38,40)(H,39,41). The van der Waals surface area contributed by atoms with E-state index < -0.39 is 18.1 Å². The Morgan fingerprint density at radius 1 is 0.617 bits per heavy atom. The van der Waals surface area contributed by atoms with Crippen LogP contribution in [0.2, 0.25) is 0 Å². The number of rotatable bonds is 26. The SMILES string of the molecule is CCC=CCC=CCC=CCC=CCC=CCC=CCCC(=O)NCCNC(=O)C(CSSCC(NC(C)=O)C(=O)OC)NC(C)=O. The maximum absolute atomic E-state index is 12.6. The molecule has 0 aromatic heterocycles. The average Bonchev–Trinajstić information content (AvgIpc) is 3.04. The number of methoxy groups -OCH3 is 1. The van der Waals surface area contributed by atoms with Crippen molar-refractivity contribution in [1.29, 1.82) is 0 Å². The molecule has 0 bridgehead atoms. The van der Waals surface area contributed by atoms with Gasteiger partial charge in [-0.25, -0.2) is 4.79 Å². The molecule has 0 saturated carbocycles. The predicted octanol–water partition coefficient (Wildman–Crippen LogP) is 5.26. The molecule has 47 heavy (non-hydrogen) atoms. The molecule has 262 valence electrons. The van der Waals surface area contributed by atoms with Crippen LogP contribution >= 0.6 is 21.6 Å². The zero-order valence-corrected chi connectivity index (χ0v) is 30.0. The fourth-order valence-corrected chi connectivity index (χ4v) is 5.98. The molecule has 0 rings (SSSR count). The van der Waals surface area contributed by atoms with Crippen molar-refractivity contribution in [2.75, 3.05) is 31.7 Å². The summed E-state index contributed by atoms with van der Waals surface area (Å²) in [5.74, 6) is -1.30. The van der Waals surface area contributed by atoms with E-state index in [4.69, 9.17) is 4.74 Å². The zero-order valence-electron chi connectivity index (χ0n) is 28.3. The first kappa shape index (κ1) is 43.5. The van der Waals surface area contributed by atoms with Crippen LogP contribution < -0.4 is 21.3 Å². The molecule has 10 nitrogen and oxygen atoms in total. The highest BCUT2D eigenvalue weighted by Crippen LogP contribution is 2.23. The van der Waals surface area contributed by atoms with Crippen LogP contribution in [0.3, 0.4) is 0 Å². The predicted molar refractivity (Wildman–Crippen MR) is 196 cm³/mol. The minimum atomic E-state index is -0.814. The first-order chi connectivity index (χ1) is 22.7. The fourth-order valence-electron chi connectivity index (χ4n) is 3.67. The number of allylic oxidation sites excluding steroid dienone is 12. The number of carbonyl (C=O) groups is 5. The number of esters is 1. The van der Waals surface area contributed by atoms with Gasteiger partial charge in [-0.1, -0.05) is 101 Å². The van der Waals surface area contributed by atoms with Gasteiger partial charge in [0.1, 0.15) is 12.1 Å². The molecule has 0 aliphatic carbocycles. The Bertz CT molecular complexity index is 1100. The molecule has 0 fully saturated rings. The molecule has 0 aliphatic rings. The summed E-state index contributed by atoms with van der Waals surface area (Å²) in [5, 5.41) is 10.6. The van der Waals surface area contributed by atoms with E-state index in [1.54, 1.807) is 0 Å². The van der Waals surface area contributed by atoms with E-state index in [0.717, 1.165) is 38.5 Å². The summed E-state index contributed by atoms with van der Waals surface area (Å²) < 4.78 is 4.69. The van der Waals surface area contributed by atoms with Crippen LogP contribution in [0.4, 0.5) is 0 Å². The lowest BCUT2D eigenvalue weighted by Gasteiger charge is -2.18. The van der Waals surface area contributed by atoms with Crippen LogP contribution in [0, 0.1) is 0 Å². The third kappa shape index (κ3) is 28.4. The number of ether oxygens (including phenoxy) is 1. The quantitative estimate of drug-likeness (QED) is 0.0417. The van der Waals surface area contributed by atoms with Gasteiger partial charge in [0.2, 0.25) is 23.6 Å². The van der Waals surface area contributed by atoms with E-state index in [2.05, 4.69) is 89.0 Å². The number of nitrogens with one attached hydrogen (secondary N) is 4. The van der Waals surface area contributed by atoms with Crippen molar-refractivity contribution in [3.8, 4) is 0 Å². The van der Waals surface area contributed by atoms with Gasteiger partial charge in [0.05, 0.1) is 7.11 Å². The van der Waals surface area contributed by atoms with Gasteiger partial charge in [-0.3, -0.25) is 19.2 Å². The van der Waals surface area contributed by atoms with Crippen LogP contribution in [0.15, 0.2) is 72.9 Å². The van der Waals surface area contributed by atoms with Crippen molar-refractivity contribution in [3.63, 3.8) is 0 Å². The van der Waals surface area contributed by atoms with Gasteiger partial charge in [-0.2, -0.15) is 0 Å². The van der Waals surface area contributed by atoms with Crippen molar-refractivity contribution in [2.24, 2.45) is 0 Å². The third-order valence-electron chi connectivity index (χ3n) is 5.99. The van der Waals surface area contributed by atoms with Crippen LogP contribution in [0.25, 0.3) is 0 Å². The number of amides is 4. The Morgan fingerprint density at radius 3 is 1.51 bits per heavy atom. The van der Waals surface area contributed by atoms with Gasteiger partial charge < -0.3 is 26.0 Å². The number of hydrogen-bond donors (Lipinski definition) is 4. The van der Waals surface area contributed by atoms with Gasteiger partial charge in [0, 0.05) is 44.9 Å². The minimum absolute atomic E-state index is 0.108. The van der Waals surface area contributed by atoms with Crippen molar-refractivity contribution < 1.29 is 28.7 Å². The van der Waals surface area contributed by atoms with E-state index in [1.807, 2.05) is 12.2 Å². The van der Waals surface area contributed by atoms with E-state index in [1.165, 1.54) is 42.5 Å². The normalized spacial score (nSPS) is 13.2. The Balaban J connectivity index is 4.10. The maximum Gasteiger partial charge on any atom is 0.329 e. The molecule has 0 heterocycles. The summed E-state index contributed by atoms with van der Waals surface area (Å²) in [7, 11) is 3.79. The van der Waals surface area contributed by atoms with E-state index in [0.29, 0.717) is 12.8 Å². The van der Waals surface area contributed by atoms with Gasteiger partial charge in [0.15, 0.2) is 0 Å². The van der Waals surface area contributed by atoms with E-state index in [9.17, 15) is 24.0 Å².